The van der Waals surface area contributed by atoms with Crippen LogP contribution in [-0.4, -0.2) is 17.4 Å². The Morgan fingerprint density at radius 3 is 2.72 bits per heavy atom. The molecule has 1 rings (SSSR count). The van der Waals surface area contributed by atoms with Crippen molar-refractivity contribution in [3.05, 3.63) is 23.9 Å². The summed E-state index contributed by atoms with van der Waals surface area (Å²) in [6.45, 7) is 2.86. The highest BCUT2D eigenvalue weighted by Crippen LogP contribution is 2.14. The van der Waals surface area contributed by atoms with E-state index in [0.29, 0.717) is 18.1 Å². The van der Waals surface area contributed by atoms with Crippen LogP contribution in [0.5, 0.6) is 5.88 Å². The van der Waals surface area contributed by atoms with Crippen LogP contribution in [0.15, 0.2) is 18.3 Å². The molecule has 18 heavy (non-hydrogen) atoms. The lowest BCUT2D eigenvalue weighted by Gasteiger charge is -2.08. The van der Waals surface area contributed by atoms with E-state index in [4.69, 9.17) is 15.9 Å². The van der Waals surface area contributed by atoms with Gasteiger partial charge in [-0.2, -0.15) is 0 Å². The van der Waals surface area contributed by atoms with Crippen LogP contribution in [0.2, 0.25) is 0 Å². The molecule has 4 nitrogen and oxygen atoms in total. The van der Waals surface area contributed by atoms with Gasteiger partial charge in [0.15, 0.2) is 0 Å². The van der Waals surface area contributed by atoms with Crippen molar-refractivity contribution >= 4 is 5.84 Å². The van der Waals surface area contributed by atoms with E-state index in [9.17, 15) is 0 Å². The third-order valence-corrected chi connectivity index (χ3v) is 2.80. The summed E-state index contributed by atoms with van der Waals surface area (Å²) in [7, 11) is 0. The van der Waals surface area contributed by atoms with Gasteiger partial charge in [0, 0.05) is 6.20 Å². The number of pyridine rings is 1. The second-order valence-electron chi connectivity index (χ2n) is 4.39. The first-order chi connectivity index (χ1) is 8.75. The normalized spacial score (nSPS) is 10.3. The number of hydrogen-bond donors (Lipinski definition) is 2. The lowest BCUT2D eigenvalue weighted by molar-refractivity contribution is 0.292. The number of nitrogens with zero attached hydrogens (tertiary/aromatic N) is 1. The van der Waals surface area contributed by atoms with Gasteiger partial charge >= 0.3 is 0 Å². The van der Waals surface area contributed by atoms with E-state index in [1.54, 1.807) is 18.3 Å². The number of amidine groups is 1. The van der Waals surface area contributed by atoms with E-state index in [-0.39, 0.29) is 5.84 Å². The Morgan fingerprint density at radius 2 is 2.00 bits per heavy atom. The van der Waals surface area contributed by atoms with E-state index in [1.165, 1.54) is 32.1 Å². The van der Waals surface area contributed by atoms with Gasteiger partial charge in [-0.15, -0.1) is 0 Å². The molecular weight excluding hydrogens is 226 g/mol. The minimum atomic E-state index is 0.000968. The molecule has 0 atom stereocenters. The topological polar surface area (TPSA) is 72.0 Å². The Kier molecular flexibility index (Phi) is 6.84. The van der Waals surface area contributed by atoms with Gasteiger partial charge < -0.3 is 10.5 Å². The van der Waals surface area contributed by atoms with E-state index >= 15 is 0 Å². The molecule has 3 N–H and O–H groups in total. The van der Waals surface area contributed by atoms with Crippen molar-refractivity contribution in [3.8, 4) is 5.88 Å². The first-order valence-corrected chi connectivity index (χ1v) is 6.68. The minimum absolute atomic E-state index is 0.000968. The van der Waals surface area contributed by atoms with Crippen molar-refractivity contribution in [2.75, 3.05) is 6.61 Å². The number of nitrogen functional groups attached to an aromatic ring is 1. The Labute approximate surface area is 109 Å². The molecular formula is C14H23N3O. The monoisotopic (exact) mass is 249 g/mol. The molecule has 100 valence electrons. The number of aromatic nitrogens is 1. The van der Waals surface area contributed by atoms with Gasteiger partial charge in [-0.05, 0) is 18.6 Å². The highest BCUT2D eigenvalue weighted by atomic mass is 16.5. The zero-order valence-electron chi connectivity index (χ0n) is 11.1. The molecule has 0 unspecified atom stereocenters. The number of rotatable bonds is 9. The highest BCUT2D eigenvalue weighted by Gasteiger charge is 2.06. The third-order valence-electron chi connectivity index (χ3n) is 2.80. The minimum Gasteiger partial charge on any atom is -0.477 e. The molecule has 0 aliphatic carbocycles. The Morgan fingerprint density at radius 1 is 1.28 bits per heavy atom. The quantitative estimate of drug-likeness (QED) is 0.401. The summed E-state index contributed by atoms with van der Waals surface area (Å²) in [6, 6.07) is 3.51. The van der Waals surface area contributed by atoms with Gasteiger partial charge in [0.1, 0.15) is 5.84 Å². The summed E-state index contributed by atoms with van der Waals surface area (Å²) >= 11 is 0. The van der Waals surface area contributed by atoms with Crippen molar-refractivity contribution in [3.63, 3.8) is 0 Å². The average molecular weight is 249 g/mol. The lowest BCUT2D eigenvalue weighted by Crippen LogP contribution is -2.14. The molecule has 1 aromatic heterocycles. The second kappa shape index (κ2) is 8.50. The third kappa shape index (κ3) is 5.17. The fourth-order valence-corrected chi connectivity index (χ4v) is 1.76. The molecule has 0 fully saturated rings. The maximum atomic E-state index is 7.43. The summed E-state index contributed by atoms with van der Waals surface area (Å²) in [5.74, 6) is 0.472. The number of unbranched alkanes of at least 4 members (excludes halogenated alkanes) is 5. The van der Waals surface area contributed by atoms with Crippen molar-refractivity contribution in [2.24, 2.45) is 5.73 Å². The number of nitrogens with two attached hydrogens (primary N) is 1. The van der Waals surface area contributed by atoms with Crippen LogP contribution >= 0.6 is 0 Å². The second-order valence-corrected chi connectivity index (χ2v) is 4.39. The van der Waals surface area contributed by atoms with Crippen molar-refractivity contribution < 1.29 is 4.74 Å². The summed E-state index contributed by atoms with van der Waals surface area (Å²) in [4.78, 5) is 4.10. The molecule has 1 aromatic rings. The molecule has 0 spiro atoms. The van der Waals surface area contributed by atoms with Crippen LogP contribution in [0.25, 0.3) is 0 Å². The Balaban J connectivity index is 2.25. The SMILES string of the molecule is CCCCCCCCOc1ncccc1C(=N)N. The fourth-order valence-electron chi connectivity index (χ4n) is 1.76. The van der Waals surface area contributed by atoms with Gasteiger partial charge in [0.05, 0.1) is 12.2 Å². The first-order valence-electron chi connectivity index (χ1n) is 6.68. The summed E-state index contributed by atoms with van der Waals surface area (Å²) in [6.07, 6.45) is 9.02. The zero-order valence-corrected chi connectivity index (χ0v) is 11.1. The summed E-state index contributed by atoms with van der Waals surface area (Å²) in [5, 5.41) is 7.43. The number of ether oxygens (including phenoxy) is 1. The van der Waals surface area contributed by atoms with E-state index < -0.39 is 0 Å². The molecule has 0 aliphatic rings. The lowest BCUT2D eigenvalue weighted by atomic mass is 10.1. The van der Waals surface area contributed by atoms with Gasteiger partial charge in [-0.3, -0.25) is 5.41 Å². The molecule has 0 radical (unpaired) electrons. The van der Waals surface area contributed by atoms with Gasteiger partial charge in [-0.25, -0.2) is 4.98 Å². The van der Waals surface area contributed by atoms with Crippen molar-refractivity contribution in [2.45, 2.75) is 45.4 Å². The Hall–Kier alpha value is -1.58. The average Bonchev–Trinajstić information content (AvgIpc) is 2.38. The number of nitrogens with one attached hydrogen (secondary N) is 1. The summed E-state index contributed by atoms with van der Waals surface area (Å²) in [5.41, 5.74) is 6.04. The van der Waals surface area contributed by atoms with Crippen LogP contribution in [-0.2, 0) is 0 Å². The molecule has 0 aliphatic heterocycles. The van der Waals surface area contributed by atoms with Crippen molar-refractivity contribution in [1.82, 2.24) is 4.98 Å². The van der Waals surface area contributed by atoms with Gasteiger partial charge in [0.25, 0.3) is 0 Å². The molecule has 0 amide bonds. The van der Waals surface area contributed by atoms with Crippen LogP contribution in [0.1, 0.15) is 51.0 Å². The van der Waals surface area contributed by atoms with Crippen LogP contribution in [0, 0.1) is 5.41 Å². The molecule has 4 heteroatoms. The molecule has 1 heterocycles. The molecule has 0 saturated heterocycles. The maximum absolute atomic E-state index is 7.43. The van der Waals surface area contributed by atoms with E-state index in [2.05, 4.69) is 11.9 Å². The zero-order chi connectivity index (χ0) is 13.2. The smallest absolute Gasteiger partial charge is 0.224 e. The first kappa shape index (κ1) is 14.5. The van der Waals surface area contributed by atoms with E-state index in [1.807, 2.05) is 0 Å². The van der Waals surface area contributed by atoms with Crippen LogP contribution in [0.3, 0.4) is 0 Å². The maximum Gasteiger partial charge on any atom is 0.224 e. The summed E-state index contributed by atoms with van der Waals surface area (Å²) < 4.78 is 5.57. The largest absolute Gasteiger partial charge is 0.477 e. The van der Waals surface area contributed by atoms with Gasteiger partial charge in [0.2, 0.25) is 5.88 Å². The highest BCUT2D eigenvalue weighted by molar-refractivity contribution is 5.96. The molecule has 0 bridgehead atoms. The fraction of sp³-hybridized carbons (Fsp3) is 0.571. The predicted octanol–water partition coefficient (Wildman–Crippen LogP) is 3.10. The van der Waals surface area contributed by atoms with Gasteiger partial charge in [-0.1, -0.05) is 39.0 Å². The van der Waals surface area contributed by atoms with Crippen LogP contribution < -0.4 is 10.5 Å². The standard InChI is InChI=1S/C14H23N3O/c1-2-3-4-5-6-7-11-18-14-12(13(15)16)9-8-10-17-14/h8-10H,2-7,11H2,1H3,(H3,15,16). The van der Waals surface area contributed by atoms with E-state index in [0.717, 1.165) is 6.42 Å². The molecule has 0 aromatic carbocycles. The van der Waals surface area contributed by atoms with Crippen LogP contribution in [0.4, 0.5) is 0 Å². The number of hydrogen-bond acceptors (Lipinski definition) is 3. The molecule has 0 saturated carbocycles. The predicted molar refractivity (Wildman–Crippen MR) is 74.1 cm³/mol. The Bertz CT molecular complexity index is 366. The van der Waals surface area contributed by atoms with Crippen molar-refractivity contribution in [1.29, 1.82) is 5.41 Å².